The molecule has 0 fully saturated rings. The Morgan fingerprint density at radius 1 is 1.69 bits per heavy atom. The van der Waals surface area contributed by atoms with Crippen molar-refractivity contribution in [2.24, 2.45) is 0 Å². The van der Waals surface area contributed by atoms with Gasteiger partial charge in [0.15, 0.2) is 5.75 Å². The van der Waals surface area contributed by atoms with Crippen molar-refractivity contribution in [1.82, 2.24) is 4.98 Å². The Balaban J connectivity index is 3.26. The number of hydrogen-bond donors (Lipinski definition) is 2. The van der Waals surface area contributed by atoms with Crippen molar-refractivity contribution < 1.29 is 5.11 Å². The molecule has 0 aliphatic rings. The maximum atomic E-state index is 11.2. The second kappa shape index (κ2) is 3.83. The van der Waals surface area contributed by atoms with Gasteiger partial charge in [0.25, 0.3) is 0 Å². The van der Waals surface area contributed by atoms with Gasteiger partial charge in [-0.1, -0.05) is 25.4 Å². The van der Waals surface area contributed by atoms with Crippen LogP contribution in [0.5, 0.6) is 5.75 Å². The van der Waals surface area contributed by atoms with E-state index >= 15 is 0 Å². The summed E-state index contributed by atoms with van der Waals surface area (Å²) in [5, 5.41) is 9.14. The molecule has 2 N–H and O–H groups in total. The van der Waals surface area contributed by atoms with Gasteiger partial charge in [-0.3, -0.25) is 4.79 Å². The highest BCUT2D eigenvalue weighted by molar-refractivity contribution is 6.31. The molecule has 0 aliphatic carbocycles. The van der Waals surface area contributed by atoms with Crippen molar-refractivity contribution in [1.29, 1.82) is 0 Å². The second-order valence-electron chi connectivity index (χ2n) is 3.04. The molecule has 0 aliphatic heterocycles. The van der Waals surface area contributed by atoms with Crippen molar-refractivity contribution in [2.45, 2.75) is 26.2 Å². The molecular weight excluding hydrogens is 190 g/mol. The number of aromatic hydroxyl groups is 1. The predicted molar refractivity (Wildman–Crippen MR) is 52.4 cm³/mol. The average molecular weight is 202 g/mol. The number of halogens is 1. The quantitative estimate of drug-likeness (QED) is 0.771. The van der Waals surface area contributed by atoms with Gasteiger partial charge in [-0.25, -0.2) is 0 Å². The third kappa shape index (κ3) is 1.86. The van der Waals surface area contributed by atoms with Gasteiger partial charge in [0, 0.05) is 11.9 Å². The molecule has 0 amide bonds. The van der Waals surface area contributed by atoms with E-state index in [9.17, 15) is 4.79 Å². The summed E-state index contributed by atoms with van der Waals surface area (Å²) in [6.45, 7) is 3.97. The SMILES string of the molecule is CCC(C)c1[nH]cc(O)c(=O)c1Cl. The van der Waals surface area contributed by atoms with E-state index in [4.69, 9.17) is 16.7 Å². The molecule has 0 bridgehead atoms. The number of aromatic amines is 1. The molecule has 1 aromatic rings. The van der Waals surface area contributed by atoms with Crippen LogP contribution in [0.4, 0.5) is 0 Å². The van der Waals surface area contributed by atoms with E-state index in [-0.39, 0.29) is 16.7 Å². The van der Waals surface area contributed by atoms with Crippen molar-refractivity contribution in [3.8, 4) is 5.75 Å². The zero-order valence-electron chi connectivity index (χ0n) is 7.60. The smallest absolute Gasteiger partial charge is 0.241 e. The van der Waals surface area contributed by atoms with Crippen molar-refractivity contribution in [3.63, 3.8) is 0 Å². The maximum Gasteiger partial charge on any atom is 0.241 e. The van der Waals surface area contributed by atoms with E-state index in [1.807, 2.05) is 13.8 Å². The Labute approximate surface area is 81.4 Å². The molecule has 1 heterocycles. The summed E-state index contributed by atoms with van der Waals surface area (Å²) >= 11 is 5.77. The second-order valence-corrected chi connectivity index (χ2v) is 3.42. The molecular formula is C9H12ClNO2. The Kier molecular flexibility index (Phi) is 2.98. The first kappa shape index (κ1) is 10.1. The molecule has 0 radical (unpaired) electrons. The lowest BCUT2D eigenvalue weighted by Crippen LogP contribution is -2.08. The number of pyridine rings is 1. The molecule has 4 heteroatoms. The lowest BCUT2D eigenvalue weighted by atomic mass is 10.0. The van der Waals surface area contributed by atoms with Crippen LogP contribution in [0.3, 0.4) is 0 Å². The monoisotopic (exact) mass is 201 g/mol. The Morgan fingerprint density at radius 2 is 2.31 bits per heavy atom. The average Bonchev–Trinajstić information content (AvgIpc) is 2.13. The standard InChI is InChI=1S/C9H12ClNO2/c1-3-5(2)8-7(10)9(13)6(12)4-11-8/h4-5,12H,3H2,1-2H3,(H,11,13). The zero-order chi connectivity index (χ0) is 10.0. The molecule has 0 spiro atoms. The predicted octanol–water partition coefficient (Wildman–Crippen LogP) is 2.25. The first-order valence-corrected chi connectivity index (χ1v) is 4.55. The van der Waals surface area contributed by atoms with Crippen LogP contribution in [0.15, 0.2) is 11.0 Å². The fourth-order valence-electron chi connectivity index (χ4n) is 1.07. The van der Waals surface area contributed by atoms with Gasteiger partial charge in [-0.2, -0.15) is 0 Å². The van der Waals surface area contributed by atoms with Crippen LogP contribution in [0.2, 0.25) is 5.02 Å². The van der Waals surface area contributed by atoms with E-state index in [0.29, 0.717) is 5.69 Å². The van der Waals surface area contributed by atoms with E-state index in [1.54, 1.807) is 0 Å². The highest BCUT2D eigenvalue weighted by Crippen LogP contribution is 2.22. The van der Waals surface area contributed by atoms with Gasteiger partial charge in [0.2, 0.25) is 5.43 Å². The van der Waals surface area contributed by atoms with Gasteiger partial charge in [-0.15, -0.1) is 0 Å². The summed E-state index contributed by atoms with van der Waals surface area (Å²) < 4.78 is 0. The lowest BCUT2D eigenvalue weighted by molar-refractivity contribution is 0.466. The summed E-state index contributed by atoms with van der Waals surface area (Å²) in [4.78, 5) is 14.0. The molecule has 1 atom stereocenters. The number of nitrogens with one attached hydrogen (secondary N) is 1. The highest BCUT2D eigenvalue weighted by Gasteiger charge is 2.12. The maximum absolute atomic E-state index is 11.2. The van der Waals surface area contributed by atoms with Crippen LogP contribution < -0.4 is 5.43 Å². The Bertz CT molecular complexity index is 359. The van der Waals surface area contributed by atoms with E-state index < -0.39 is 5.43 Å². The fraction of sp³-hybridized carbons (Fsp3) is 0.444. The number of aromatic nitrogens is 1. The molecule has 72 valence electrons. The minimum atomic E-state index is -0.504. The third-order valence-corrected chi connectivity index (χ3v) is 2.51. The first-order valence-electron chi connectivity index (χ1n) is 4.18. The van der Waals surface area contributed by atoms with E-state index in [0.717, 1.165) is 6.42 Å². The molecule has 3 nitrogen and oxygen atoms in total. The largest absolute Gasteiger partial charge is 0.503 e. The normalized spacial score (nSPS) is 12.8. The zero-order valence-corrected chi connectivity index (χ0v) is 8.35. The lowest BCUT2D eigenvalue weighted by Gasteiger charge is -2.10. The molecule has 0 saturated heterocycles. The number of H-pyrrole nitrogens is 1. The van der Waals surface area contributed by atoms with Crippen molar-refractivity contribution in [2.75, 3.05) is 0 Å². The van der Waals surface area contributed by atoms with Crippen molar-refractivity contribution in [3.05, 3.63) is 27.1 Å². The van der Waals surface area contributed by atoms with Gasteiger partial charge in [-0.05, 0) is 12.3 Å². The van der Waals surface area contributed by atoms with Crippen LogP contribution in [0.25, 0.3) is 0 Å². The summed E-state index contributed by atoms with van der Waals surface area (Å²) in [6.07, 6.45) is 2.16. The minimum absolute atomic E-state index is 0.0920. The van der Waals surface area contributed by atoms with Crippen LogP contribution >= 0.6 is 11.6 Å². The fourth-order valence-corrected chi connectivity index (χ4v) is 1.41. The Morgan fingerprint density at radius 3 is 2.85 bits per heavy atom. The summed E-state index contributed by atoms with van der Waals surface area (Å²) in [6, 6.07) is 0. The van der Waals surface area contributed by atoms with Crippen LogP contribution in [0.1, 0.15) is 31.9 Å². The van der Waals surface area contributed by atoms with Gasteiger partial charge in [0.1, 0.15) is 5.02 Å². The van der Waals surface area contributed by atoms with Gasteiger partial charge >= 0.3 is 0 Å². The van der Waals surface area contributed by atoms with Crippen LogP contribution in [0, 0.1) is 0 Å². The molecule has 1 rings (SSSR count). The molecule has 0 saturated carbocycles. The molecule has 1 aromatic heterocycles. The first-order chi connectivity index (χ1) is 6.07. The molecule has 1 unspecified atom stereocenters. The third-order valence-electron chi connectivity index (χ3n) is 2.14. The van der Waals surface area contributed by atoms with Gasteiger partial charge in [0.05, 0.1) is 0 Å². The topological polar surface area (TPSA) is 53.1 Å². The summed E-state index contributed by atoms with van der Waals surface area (Å²) in [7, 11) is 0. The van der Waals surface area contributed by atoms with Crippen molar-refractivity contribution >= 4 is 11.6 Å². The van der Waals surface area contributed by atoms with Gasteiger partial charge < -0.3 is 10.1 Å². The van der Waals surface area contributed by atoms with Crippen LogP contribution in [-0.4, -0.2) is 10.1 Å². The number of hydrogen-bond acceptors (Lipinski definition) is 2. The number of rotatable bonds is 2. The minimum Gasteiger partial charge on any atom is -0.503 e. The summed E-state index contributed by atoms with van der Waals surface area (Å²) in [5.41, 5.74) is 0.183. The van der Waals surface area contributed by atoms with Crippen LogP contribution in [-0.2, 0) is 0 Å². The molecule has 13 heavy (non-hydrogen) atoms. The molecule has 0 aromatic carbocycles. The summed E-state index contributed by atoms with van der Waals surface area (Å²) in [5.74, 6) is -0.141. The Hall–Kier alpha value is -0.960. The van der Waals surface area contributed by atoms with E-state index in [2.05, 4.69) is 4.98 Å². The highest BCUT2D eigenvalue weighted by atomic mass is 35.5. The van der Waals surface area contributed by atoms with E-state index in [1.165, 1.54) is 6.20 Å².